The molecule has 4 heterocycles. The molecule has 1 aliphatic carbocycles. The van der Waals surface area contributed by atoms with E-state index < -0.39 is 11.7 Å². The fourth-order valence-electron chi connectivity index (χ4n) is 5.75. The maximum atomic E-state index is 15.2. The molecule has 3 N–H and O–H groups in total. The summed E-state index contributed by atoms with van der Waals surface area (Å²) in [5, 5.41) is 7.03. The van der Waals surface area contributed by atoms with Crippen molar-refractivity contribution >= 4 is 28.9 Å². The molecule has 1 fully saturated rings. The Morgan fingerprint density at radius 2 is 1.80 bits per heavy atom. The van der Waals surface area contributed by atoms with Gasteiger partial charge in [-0.1, -0.05) is 6.07 Å². The van der Waals surface area contributed by atoms with Gasteiger partial charge in [0.15, 0.2) is 5.82 Å². The van der Waals surface area contributed by atoms with E-state index in [-0.39, 0.29) is 17.3 Å². The van der Waals surface area contributed by atoms with Crippen LogP contribution in [-0.2, 0) is 12.8 Å². The Labute approximate surface area is 253 Å². The number of pyridine rings is 1. The lowest BCUT2D eigenvalue weighted by molar-refractivity contribution is 0.102. The summed E-state index contributed by atoms with van der Waals surface area (Å²) in [6, 6.07) is 16.4. The summed E-state index contributed by atoms with van der Waals surface area (Å²) in [4.78, 5) is 31.0. The van der Waals surface area contributed by atoms with Crippen molar-refractivity contribution in [3.8, 4) is 23.0 Å². The molecule has 7 rings (SSSR count). The van der Waals surface area contributed by atoms with Gasteiger partial charge in [0.25, 0.3) is 11.9 Å². The Morgan fingerprint density at radius 1 is 0.977 bits per heavy atom. The van der Waals surface area contributed by atoms with E-state index in [2.05, 4.69) is 25.3 Å². The van der Waals surface area contributed by atoms with Crippen LogP contribution >= 0.6 is 0 Å². The van der Waals surface area contributed by atoms with E-state index >= 15 is 4.39 Å². The molecule has 0 atom stereocenters. The van der Waals surface area contributed by atoms with Crippen LogP contribution in [0.5, 0.6) is 5.75 Å². The number of fused-ring (bicyclic) bond motifs is 3. The second kappa shape index (κ2) is 11.3. The molecule has 0 spiro atoms. The van der Waals surface area contributed by atoms with E-state index in [1.54, 1.807) is 31.6 Å². The van der Waals surface area contributed by atoms with Crippen molar-refractivity contribution in [1.82, 2.24) is 24.7 Å². The number of nitrogens with one attached hydrogen (secondary N) is 1. The summed E-state index contributed by atoms with van der Waals surface area (Å²) in [5.74, 6) is 1.08. The molecule has 1 amide bonds. The third-order valence-electron chi connectivity index (χ3n) is 8.07. The Morgan fingerprint density at radius 3 is 2.57 bits per heavy atom. The maximum absolute atomic E-state index is 15.2. The van der Waals surface area contributed by atoms with Gasteiger partial charge >= 0.3 is 0 Å². The number of aromatic nitrogens is 5. The van der Waals surface area contributed by atoms with Crippen LogP contribution in [-0.4, -0.2) is 63.9 Å². The van der Waals surface area contributed by atoms with Gasteiger partial charge < -0.3 is 25.6 Å². The molecule has 3 aromatic heterocycles. The molecule has 0 bridgehead atoms. The quantitative estimate of drug-likeness (QED) is 0.300. The van der Waals surface area contributed by atoms with Crippen molar-refractivity contribution in [2.24, 2.45) is 0 Å². The summed E-state index contributed by atoms with van der Waals surface area (Å²) in [6.45, 7) is 2.76. The van der Waals surface area contributed by atoms with Crippen LogP contribution in [0.15, 0.2) is 73.2 Å². The third-order valence-corrected chi connectivity index (χ3v) is 8.07. The monoisotopic (exact) mass is 591 g/mol. The van der Waals surface area contributed by atoms with Gasteiger partial charge in [-0.3, -0.25) is 4.79 Å². The molecule has 11 nitrogen and oxygen atoms in total. The minimum absolute atomic E-state index is 0.0110. The number of methoxy groups -OCH3 is 1. The van der Waals surface area contributed by atoms with Gasteiger partial charge in [-0.05, 0) is 72.5 Å². The number of ether oxygens (including phenoxy) is 1. The van der Waals surface area contributed by atoms with E-state index in [1.807, 2.05) is 41.3 Å². The highest BCUT2D eigenvalue weighted by Gasteiger charge is 2.23. The molecule has 2 aliphatic rings. The molecule has 2 aromatic carbocycles. The highest BCUT2D eigenvalue weighted by Crippen LogP contribution is 2.34. The highest BCUT2D eigenvalue weighted by atomic mass is 19.1. The first kappa shape index (κ1) is 27.3. The van der Waals surface area contributed by atoms with E-state index in [0.29, 0.717) is 24.5 Å². The largest absolute Gasteiger partial charge is 0.497 e. The molecule has 1 saturated heterocycles. The molecule has 12 heteroatoms. The molecular weight excluding hydrogens is 561 g/mol. The second-order valence-electron chi connectivity index (χ2n) is 10.7. The molecule has 1 aliphatic heterocycles. The molecule has 44 heavy (non-hydrogen) atoms. The number of halogens is 1. The first-order valence-electron chi connectivity index (χ1n) is 14.4. The first-order valence-corrected chi connectivity index (χ1v) is 14.4. The number of amides is 1. The molecule has 0 radical (unpaired) electrons. The predicted molar refractivity (Wildman–Crippen MR) is 166 cm³/mol. The Kier molecular flexibility index (Phi) is 7.01. The van der Waals surface area contributed by atoms with Crippen molar-refractivity contribution in [2.45, 2.75) is 12.8 Å². The summed E-state index contributed by atoms with van der Waals surface area (Å²) >= 11 is 0. The van der Waals surface area contributed by atoms with Crippen LogP contribution in [0.4, 0.5) is 27.4 Å². The average Bonchev–Trinajstić information content (AvgIpc) is 3.46. The van der Waals surface area contributed by atoms with Crippen LogP contribution in [0.2, 0.25) is 0 Å². The Hall–Kier alpha value is -5.52. The zero-order valence-corrected chi connectivity index (χ0v) is 24.1. The number of nitrogens with two attached hydrogens (primary N) is 1. The second-order valence-corrected chi connectivity index (χ2v) is 10.7. The third kappa shape index (κ3) is 5.14. The average molecular weight is 592 g/mol. The van der Waals surface area contributed by atoms with Crippen molar-refractivity contribution in [3.63, 3.8) is 0 Å². The molecule has 0 saturated carbocycles. The van der Waals surface area contributed by atoms with Gasteiger partial charge in [-0.25, -0.2) is 24.0 Å². The fourth-order valence-corrected chi connectivity index (χ4v) is 5.75. The van der Waals surface area contributed by atoms with Crippen LogP contribution in [0, 0.1) is 5.82 Å². The van der Waals surface area contributed by atoms with Crippen LogP contribution in [0.25, 0.3) is 17.2 Å². The standard InChI is InChI=1S/C32H30FN9O2/c1-44-23-8-9-24-20(16-23)5-6-21-18-36-32(38-29(21)24)42-19-25(30(34)39-42)31(43)37-22-7-10-27(26(33)17-22)40-12-14-41(15-13-40)28-4-2-3-11-35-28/h2-4,7-11,16-19H,5-6,12-15H2,1H3,(H2,34,39)(H,37,43). The number of carbonyl (C=O) groups excluding carboxylic acids is 1. The Bertz CT molecular complexity index is 1850. The van der Waals surface area contributed by atoms with E-state index in [9.17, 15) is 4.79 Å². The smallest absolute Gasteiger partial charge is 0.261 e. The number of hydrogen-bond donors (Lipinski definition) is 2. The van der Waals surface area contributed by atoms with Gasteiger partial charge in [-0.2, -0.15) is 0 Å². The minimum atomic E-state index is -0.514. The lowest BCUT2D eigenvalue weighted by atomic mass is 9.90. The molecule has 0 unspecified atom stereocenters. The summed E-state index contributed by atoms with van der Waals surface area (Å²) in [6.07, 6.45) is 6.71. The van der Waals surface area contributed by atoms with Crippen molar-refractivity contribution < 1.29 is 13.9 Å². The van der Waals surface area contributed by atoms with Crippen molar-refractivity contribution in [3.05, 3.63) is 95.7 Å². The van der Waals surface area contributed by atoms with Gasteiger partial charge in [0.1, 0.15) is 22.9 Å². The van der Waals surface area contributed by atoms with Gasteiger partial charge in [0.05, 0.1) is 18.5 Å². The topological polar surface area (TPSA) is 127 Å². The summed E-state index contributed by atoms with van der Waals surface area (Å²) < 4.78 is 22.0. The van der Waals surface area contributed by atoms with Gasteiger partial charge in [0, 0.05) is 56.0 Å². The van der Waals surface area contributed by atoms with Crippen molar-refractivity contribution in [1.29, 1.82) is 0 Å². The molecule has 222 valence electrons. The zero-order chi connectivity index (χ0) is 30.2. The number of nitrogens with zero attached hydrogens (tertiary/aromatic N) is 7. The Balaban J connectivity index is 1.05. The van der Waals surface area contributed by atoms with Gasteiger partial charge in [0.2, 0.25) is 0 Å². The van der Waals surface area contributed by atoms with Crippen LogP contribution < -0.4 is 25.6 Å². The highest BCUT2D eigenvalue weighted by molar-refractivity contribution is 6.07. The van der Waals surface area contributed by atoms with E-state index in [0.717, 1.165) is 59.9 Å². The summed E-state index contributed by atoms with van der Waals surface area (Å²) in [7, 11) is 1.65. The van der Waals surface area contributed by atoms with Gasteiger partial charge in [-0.15, -0.1) is 5.10 Å². The number of piperazine rings is 1. The summed E-state index contributed by atoms with van der Waals surface area (Å²) in [5.41, 5.74) is 11.1. The maximum Gasteiger partial charge on any atom is 0.261 e. The zero-order valence-electron chi connectivity index (χ0n) is 24.1. The fraction of sp³-hybridized carbons (Fsp3) is 0.219. The number of anilines is 4. The number of benzene rings is 2. The number of nitrogen functional groups attached to an aromatic ring is 1. The number of carbonyl (C=O) groups is 1. The SMILES string of the molecule is COc1ccc2c(c1)CCc1cnc(-n3cc(C(=O)Nc4ccc(N5CCN(c6ccccn6)CC5)c(F)c4)c(N)n3)nc1-2. The van der Waals surface area contributed by atoms with E-state index in [1.165, 1.54) is 16.9 Å². The predicted octanol–water partition coefficient (Wildman–Crippen LogP) is 4.13. The number of hydrogen-bond acceptors (Lipinski definition) is 9. The number of aryl methyl sites for hydroxylation is 2. The minimum Gasteiger partial charge on any atom is -0.497 e. The van der Waals surface area contributed by atoms with E-state index in [4.69, 9.17) is 15.5 Å². The number of rotatable bonds is 6. The van der Waals surface area contributed by atoms with Crippen molar-refractivity contribution in [2.75, 3.05) is 54.1 Å². The molecule has 5 aromatic rings. The van der Waals surface area contributed by atoms with Crippen LogP contribution in [0.1, 0.15) is 21.5 Å². The lowest BCUT2D eigenvalue weighted by Crippen LogP contribution is -2.47. The molecular formula is C32H30FN9O2. The van der Waals surface area contributed by atoms with Crippen LogP contribution in [0.3, 0.4) is 0 Å². The lowest BCUT2D eigenvalue weighted by Gasteiger charge is -2.36. The first-order chi connectivity index (χ1) is 21.5. The normalized spacial score (nSPS) is 14.1.